The van der Waals surface area contributed by atoms with Crippen LogP contribution < -0.4 is 10.2 Å². The summed E-state index contributed by atoms with van der Waals surface area (Å²) >= 11 is 0. The van der Waals surface area contributed by atoms with Crippen molar-refractivity contribution in [3.63, 3.8) is 0 Å². The molecule has 5 rings (SSSR count). The normalized spacial score (nSPS) is 20.3. The number of hydrogen-bond acceptors (Lipinski definition) is 6. The highest BCUT2D eigenvalue weighted by atomic mass is 32.2. The van der Waals surface area contributed by atoms with Gasteiger partial charge in [-0.15, -0.1) is 0 Å². The molecule has 2 aromatic heterocycles. The number of aromatic nitrogens is 1. The third-order valence-electron chi connectivity index (χ3n) is 6.94. The third-order valence-corrected chi connectivity index (χ3v) is 8.84. The van der Waals surface area contributed by atoms with Crippen molar-refractivity contribution < 1.29 is 17.6 Å². The van der Waals surface area contributed by atoms with Gasteiger partial charge in [0.1, 0.15) is 11.6 Å². The molecule has 8 nitrogen and oxygen atoms in total. The van der Waals surface area contributed by atoms with Gasteiger partial charge in [0.05, 0.1) is 22.6 Å². The van der Waals surface area contributed by atoms with Crippen LogP contribution in [0.1, 0.15) is 38.4 Å². The minimum Gasteiger partial charge on any atom is -0.469 e. The van der Waals surface area contributed by atoms with E-state index in [4.69, 9.17) is 9.40 Å². The maximum absolute atomic E-state index is 12.9. The standard InChI is InChI=1S/C26H32N4O4S/c1-19(16-22-7-5-15-34-22)27-26(31)21-6-4-12-29(18-21)25-11-8-20-17-23(9-10-24(20)28-25)35(32,33)30-13-2-3-14-30/h5,7-11,15,17,19,21H,2-4,6,12-14,16,18H2,1H3,(H,27,31)/t19-,21+/m1/s1. The fourth-order valence-electron chi connectivity index (χ4n) is 5.05. The van der Waals surface area contributed by atoms with Crippen molar-refractivity contribution in [3.8, 4) is 0 Å². The Hall–Kier alpha value is -2.91. The van der Waals surface area contributed by atoms with Crippen molar-refractivity contribution in [2.75, 3.05) is 31.1 Å². The Kier molecular flexibility index (Phi) is 6.80. The topological polar surface area (TPSA) is 95.8 Å². The molecule has 0 unspecified atom stereocenters. The summed E-state index contributed by atoms with van der Waals surface area (Å²) in [6.07, 6.45) is 5.90. The molecule has 0 aliphatic carbocycles. The minimum atomic E-state index is -3.46. The van der Waals surface area contributed by atoms with E-state index in [0.29, 0.717) is 31.0 Å². The van der Waals surface area contributed by atoms with E-state index in [-0.39, 0.29) is 17.9 Å². The summed E-state index contributed by atoms with van der Waals surface area (Å²) in [5, 5.41) is 3.92. The van der Waals surface area contributed by atoms with Crippen molar-refractivity contribution in [2.24, 2.45) is 5.92 Å². The van der Waals surface area contributed by atoms with Gasteiger partial charge < -0.3 is 14.6 Å². The number of fused-ring (bicyclic) bond motifs is 1. The fraction of sp³-hybridized carbons (Fsp3) is 0.462. The number of carbonyl (C=O) groups is 1. The van der Waals surface area contributed by atoms with Crippen molar-refractivity contribution in [1.29, 1.82) is 0 Å². The molecule has 0 saturated carbocycles. The van der Waals surface area contributed by atoms with E-state index in [2.05, 4.69) is 10.2 Å². The number of anilines is 1. The molecular formula is C26H32N4O4S. The first-order valence-electron chi connectivity index (χ1n) is 12.4. The Morgan fingerprint density at radius 2 is 1.97 bits per heavy atom. The number of nitrogens with zero attached hydrogens (tertiary/aromatic N) is 3. The van der Waals surface area contributed by atoms with Crippen molar-refractivity contribution in [3.05, 3.63) is 54.5 Å². The number of nitrogens with one attached hydrogen (secondary N) is 1. The van der Waals surface area contributed by atoms with Crippen LogP contribution >= 0.6 is 0 Å². The van der Waals surface area contributed by atoms with Crippen LogP contribution in [-0.4, -0.2) is 55.8 Å². The van der Waals surface area contributed by atoms with Gasteiger partial charge in [-0.25, -0.2) is 13.4 Å². The van der Waals surface area contributed by atoms with E-state index >= 15 is 0 Å². The van der Waals surface area contributed by atoms with Gasteiger partial charge in [0.25, 0.3) is 0 Å². The molecule has 3 aromatic rings. The monoisotopic (exact) mass is 496 g/mol. The molecule has 1 aromatic carbocycles. The van der Waals surface area contributed by atoms with E-state index in [9.17, 15) is 13.2 Å². The predicted octanol–water partition coefficient (Wildman–Crippen LogP) is 3.58. The largest absolute Gasteiger partial charge is 0.469 e. The molecule has 2 saturated heterocycles. The Morgan fingerprint density at radius 3 is 2.74 bits per heavy atom. The van der Waals surface area contributed by atoms with Gasteiger partial charge in [0.15, 0.2) is 0 Å². The molecule has 186 valence electrons. The smallest absolute Gasteiger partial charge is 0.243 e. The maximum Gasteiger partial charge on any atom is 0.243 e. The summed E-state index contributed by atoms with van der Waals surface area (Å²) in [6.45, 7) is 4.61. The Labute approximate surface area is 206 Å². The molecule has 4 heterocycles. The van der Waals surface area contributed by atoms with Crippen LogP contribution in [0.5, 0.6) is 0 Å². The first-order valence-corrected chi connectivity index (χ1v) is 13.8. The van der Waals surface area contributed by atoms with E-state index in [0.717, 1.165) is 54.7 Å². The van der Waals surface area contributed by atoms with Crippen LogP contribution in [0, 0.1) is 5.92 Å². The zero-order valence-electron chi connectivity index (χ0n) is 20.0. The summed E-state index contributed by atoms with van der Waals surface area (Å²) in [4.78, 5) is 20.2. The number of furan rings is 1. The number of piperidine rings is 1. The first-order chi connectivity index (χ1) is 16.9. The zero-order valence-corrected chi connectivity index (χ0v) is 20.8. The molecule has 35 heavy (non-hydrogen) atoms. The number of benzene rings is 1. The van der Waals surface area contributed by atoms with E-state index in [1.54, 1.807) is 28.8 Å². The van der Waals surface area contributed by atoms with Gasteiger partial charge in [-0.1, -0.05) is 0 Å². The summed E-state index contributed by atoms with van der Waals surface area (Å²) in [5.74, 6) is 1.63. The first kappa shape index (κ1) is 23.8. The lowest BCUT2D eigenvalue weighted by molar-refractivity contribution is -0.125. The average Bonchev–Trinajstić information content (AvgIpc) is 3.58. The number of carbonyl (C=O) groups excluding carboxylic acids is 1. The molecule has 9 heteroatoms. The van der Waals surface area contributed by atoms with Crippen LogP contribution in [0.25, 0.3) is 10.9 Å². The predicted molar refractivity (Wildman–Crippen MR) is 135 cm³/mol. The lowest BCUT2D eigenvalue weighted by Gasteiger charge is -2.33. The SMILES string of the molecule is C[C@H](Cc1ccco1)NC(=O)[C@H]1CCCN(c2ccc3cc(S(=O)(=O)N4CCCC4)ccc3n2)C1. The Bertz CT molecular complexity index is 1290. The van der Waals surface area contributed by atoms with E-state index < -0.39 is 10.0 Å². The summed E-state index contributed by atoms with van der Waals surface area (Å²) in [5.41, 5.74) is 0.751. The van der Waals surface area contributed by atoms with Crippen LogP contribution in [0.2, 0.25) is 0 Å². The van der Waals surface area contributed by atoms with Crippen LogP contribution in [-0.2, 0) is 21.2 Å². The maximum atomic E-state index is 12.9. The highest BCUT2D eigenvalue weighted by Gasteiger charge is 2.29. The van der Waals surface area contributed by atoms with E-state index in [1.165, 1.54) is 0 Å². The number of rotatable bonds is 7. The van der Waals surface area contributed by atoms with Gasteiger partial charge in [-0.05, 0) is 75.1 Å². The quantitative estimate of drug-likeness (QED) is 0.537. The number of hydrogen-bond donors (Lipinski definition) is 1. The fourth-order valence-corrected chi connectivity index (χ4v) is 6.60. The summed E-state index contributed by atoms with van der Waals surface area (Å²) in [6, 6.07) is 12.8. The summed E-state index contributed by atoms with van der Waals surface area (Å²) in [7, 11) is -3.46. The number of sulfonamides is 1. The third kappa shape index (κ3) is 5.21. The molecule has 2 fully saturated rings. The molecule has 2 aliphatic heterocycles. The van der Waals surface area contributed by atoms with Crippen molar-refractivity contribution in [1.82, 2.24) is 14.6 Å². The average molecular weight is 497 g/mol. The van der Waals surface area contributed by atoms with Crippen LogP contribution in [0.3, 0.4) is 0 Å². The lowest BCUT2D eigenvalue weighted by atomic mass is 9.96. The van der Waals surface area contributed by atoms with Crippen molar-refractivity contribution in [2.45, 2.75) is 50.0 Å². The second-order valence-electron chi connectivity index (χ2n) is 9.61. The second kappa shape index (κ2) is 9.99. The van der Waals surface area contributed by atoms with Gasteiger partial charge in [-0.3, -0.25) is 4.79 Å². The van der Waals surface area contributed by atoms with Crippen LogP contribution in [0.15, 0.2) is 58.0 Å². The summed E-state index contributed by atoms with van der Waals surface area (Å²) < 4.78 is 32.8. The molecule has 0 radical (unpaired) electrons. The van der Waals surface area contributed by atoms with Gasteiger partial charge in [-0.2, -0.15) is 4.31 Å². The number of pyridine rings is 1. The Balaban J connectivity index is 1.26. The van der Waals surface area contributed by atoms with Gasteiger partial charge in [0, 0.05) is 44.0 Å². The molecule has 1 N–H and O–H groups in total. The number of amides is 1. The molecule has 0 spiro atoms. The van der Waals surface area contributed by atoms with Gasteiger partial charge >= 0.3 is 0 Å². The second-order valence-corrected chi connectivity index (χ2v) is 11.6. The molecule has 2 aliphatic rings. The lowest BCUT2D eigenvalue weighted by Crippen LogP contribution is -2.46. The molecule has 1 amide bonds. The molecular weight excluding hydrogens is 464 g/mol. The molecule has 0 bridgehead atoms. The van der Waals surface area contributed by atoms with E-state index in [1.807, 2.05) is 31.2 Å². The highest BCUT2D eigenvalue weighted by molar-refractivity contribution is 7.89. The van der Waals surface area contributed by atoms with Crippen molar-refractivity contribution >= 4 is 32.7 Å². The molecule has 2 atom stereocenters. The van der Waals surface area contributed by atoms with Gasteiger partial charge in [0.2, 0.25) is 15.9 Å². The highest BCUT2D eigenvalue weighted by Crippen LogP contribution is 2.27. The zero-order chi connectivity index (χ0) is 24.4. The minimum absolute atomic E-state index is 0.00569. The Morgan fingerprint density at radius 1 is 1.14 bits per heavy atom. The van der Waals surface area contributed by atoms with Crippen LogP contribution in [0.4, 0.5) is 5.82 Å².